The largest absolute Gasteiger partial charge is 0.322 e. The van der Waals surface area contributed by atoms with Crippen molar-refractivity contribution >= 4 is 23.3 Å². The highest BCUT2D eigenvalue weighted by molar-refractivity contribution is 6.31. The van der Waals surface area contributed by atoms with Gasteiger partial charge in [-0.15, -0.1) is 6.42 Å². The van der Waals surface area contributed by atoms with Crippen molar-refractivity contribution in [2.45, 2.75) is 44.2 Å². The number of aromatic amines is 1. The summed E-state index contributed by atoms with van der Waals surface area (Å²) in [5, 5.41) is 10.3. The SMILES string of the molecule is C#CC1(c2n[nH]c3c2CN(C(=O)Nc2ccc(F)c(Cl)c2)C(C)C3)CC1. The number of hydrogen-bond donors (Lipinski definition) is 2. The molecule has 0 bridgehead atoms. The van der Waals surface area contributed by atoms with Crippen LogP contribution < -0.4 is 5.32 Å². The molecule has 2 N–H and O–H groups in total. The van der Waals surface area contributed by atoms with Crippen molar-refractivity contribution in [1.82, 2.24) is 15.1 Å². The molecule has 4 rings (SSSR count). The minimum Gasteiger partial charge on any atom is -0.317 e. The van der Waals surface area contributed by atoms with Gasteiger partial charge in [-0.1, -0.05) is 17.5 Å². The quantitative estimate of drug-likeness (QED) is 0.787. The molecule has 26 heavy (non-hydrogen) atoms. The number of rotatable bonds is 2. The van der Waals surface area contributed by atoms with Crippen LogP contribution in [-0.2, 0) is 18.4 Å². The van der Waals surface area contributed by atoms with Gasteiger partial charge in [0.1, 0.15) is 5.82 Å². The molecule has 1 aliphatic carbocycles. The molecule has 5 nitrogen and oxygen atoms in total. The van der Waals surface area contributed by atoms with Gasteiger partial charge < -0.3 is 10.2 Å². The molecule has 1 fully saturated rings. The minimum absolute atomic E-state index is 0.00675. The van der Waals surface area contributed by atoms with Crippen LogP contribution in [0.1, 0.15) is 36.7 Å². The third-order valence-corrected chi connectivity index (χ3v) is 5.51. The Bertz CT molecular complexity index is 928. The molecule has 1 aromatic heterocycles. The summed E-state index contributed by atoms with van der Waals surface area (Å²) in [6.07, 6.45) is 8.24. The summed E-state index contributed by atoms with van der Waals surface area (Å²) < 4.78 is 13.3. The Morgan fingerprint density at radius 2 is 2.31 bits per heavy atom. The number of H-pyrrole nitrogens is 1. The van der Waals surface area contributed by atoms with Gasteiger partial charge in [0, 0.05) is 29.4 Å². The predicted molar refractivity (Wildman–Crippen MR) is 97.5 cm³/mol. The highest BCUT2D eigenvalue weighted by atomic mass is 35.5. The fourth-order valence-electron chi connectivity index (χ4n) is 3.48. The first-order valence-corrected chi connectivity index (χ1v) is 8.88. The van der Waals surface area contributed by atoms with Crippen LogP contribution in [-0.4, -0.2) is 27.2 Å². The molecular weight excluding hydrogens is 355 g/mol. The van der Waals surface area contributed by atoms with Gasteiger partial charge in [0.05, 0.1) is 22.7 Å². The molecule has 1 atom stereocenters. The number of nitrogens with zero attached hydrogens (tertiary/aromatic N) is 2. The summed E-state index contributed by atoms with van der Waals surface area (Å²) in [4.78, 5) is 14.5. The first-order valence-electron chi connectivity index (χ1n) is 8.50. The molecule has 0 saturated heterocycles. The van der Waals surface area contributed by atoms with Crippen molar-refractivity contribution in [2.75, 3.05) is 5.32 Å². The number of nitrogens with one attached hydrogen (secondary N) is 2. The summed E-state index contributed by atoms with van der Waals surface area (Å²) in [5.41, 5.74) is 3.13. The lowest BCUT2D eigenvalue weighted by molar-refractivity contribution is 0.181. The van der Waals surface area contributed by atoms with Crippen molar-refractivity contribution < 1.29 is 9.18 Å². The molecule has 1 saturated carbocycles. The van der Waals surface area contributed by atoms with Gasteiger partial charge in [-0.2, -0.15) is 5.10 Å². The first kappa shape index (κ1) is 16.9. The number of aromatic nitrogens is 2. The third-order valence-electron chi connectivity index (χ3n) is 5.22. The zero-order valence-electron chi connectivity index (χ0n) is 14.3. The van der Waals surface area contributed by atoms with Crippen molar-refractivity contribution in [3.8, 4) is 12.3 Å². The number of carbonyl (C=O) groups excluding carboxylic acids is 1. The Balaban J connectivity index is 1.57. The smallest absolute Gasteiger partial charge is 0.317 e. The number of anilines is 1. The van der Waals surface area contributed by atoms with Crippen molar-refractivity contribution in [2.24, 2.45) is 0 Å². The summed E-state index contributed by atoms with van der Waals surface area (Å²) in [5.74, 6) is 2.34. The van der Waals surface area contributed by atoms with Crippen LogP contribution in [0, 0.1) is 18.2 Å². The van der Waals surface area contributed by atoms with Crippen molar-refractivity contribution in [3.05, 3.63) is 46.0 Å². The normalized spacial score (nSPS) is 20.2. The standard InChI is InChI=1S/C19H18ClFN4O/c1-3-19(6-7-19)17-13-10-25(11(2)8-16(13)23-24-17)18(26)22-12-4-5-15(21)14(20)9-12/h1,4-5,9,11H,6-8,10H2,2H3,(H,22,26)(H,23,24). The van der Waals surface area contributed by atoms with E-state index in [1.54, 1.807) is 4.90 Å². The molecule has 2 heterocycles. The zero-order valence-corrected chi connectivity index (χ0v) is 15.0. The van der Waals surface area contributed by atoms with E-state index in [-0.39, 0.29) is 22.5 Å². The number of hydrogen-bond acceptors (Lipinski definition) is 2. The maximum atomic E-state index is 13.3. The molecule has 1 unspecified atom stereocenters. The first-order chi connectivity index (χ1) is 12.4. The van der Waals surface area contributed by atoms with Crippen LogP contribution in [0.4, 0.5) is 14.9 Å². The van der Waals surface area contributed by atoms with Gasteiger partial charge in [0.2, 0.25) is 0 Å². The Labute approximate surface area is 155 Å². The Hall–Kier alpha value is -2.52. The number of benzene rings is 1. The number of halogens is 2. The number of terminal acetylenes is 1. The Morgan fingerprint density at radius 3 is 2.96 bits per heavy atom. The molecule has 7 heteroatoms. The molecule has 1 aromatic carbocycles. The summed E-state index contributed by atoms with van der Waals surface area (Å²) in [6, 6.07) is 3.85. The zero-order chi connectivity index (χ0) is 18.5. The average Bonchev–Trinajstić information content (AvgIpc) is 3.31. The molecule has 0 radical (unpaired) electrons. The van der Waals surface area contributed by atoms with Crippen molar-refractivity contribution in [3.63, 3.8) is 0 Å². The lowest BCUT2D eigenvalue weighted by Crippen LogP contribution is -2.45. The molecular formula is C19H18ClFN4O. The molecule has 134 valence electrons. The monoisotopic (exact) mass is 372 g/mol. The second kappa shape index (κ2) is 6.03. The molecule has 0 spiro atoms. The maximum absolute atomic E-state index is 13.3. The fourth-order valence-corrected chi connectivity index (χ4v) is 3.66. The van der Waals surface area contributed by atoms with E-state index >= 15 is 0 Å². The fraction of sp³-hybridized carbons (Fsp3) is 0.368. The van der Waals surface area contributed by atoms with Crippen LogP contribution in [0.25, 0.3) is 0 Å². The van der Waals surface area contributed by atoms with E-state index < -0.39 is 5.82 Å². The molecule has 2 amide bonds. The van der Waals surface area contributed by atoms with Crippen LogP contribution in [0.3, 0.4) is 0 Å². The number of carbonyl (C=O) groups is 1. The Morgan fingerprint density at radius 1 is 1.54 bits per heavy atom. The van der Waals surface area contributed by atoms with Gasteiger partial charge in [-0.25, -0.2) is 9.18 Å². The van der Waals surface area contributed by atoms with E-state index in [0.717, 1.165) is 29.8 Å². The topological polar surface area (TPSA) is 61.0 Å². The highest BCUT2D eigenvalue weighted by Crippen LogP contribution is 2.49. The summed E-state index contributed by atoms with van der Waals surface area (Å²) in [6.45, 7) is 2.42. The summed E-state index contributed by atoms with van der Waals surface area (Å²) >= 11 is 5.79. The molecule has 2 aromatic rings. The van der Waals surface area contributed by atoms with E-state index in [1.165, 1.54) is 18.2 Å². The van der Waals surface area contributed by atoms with Gasteiger partial charge in [-0.05, 0) is 38.0 Å². The van der Waals surface area contributed by atoms with E-state index in [9.17, 15) is 9.18 Å². The van der Waals surface area contributed by atoms with Crippen LogP contribution in [0.2, 0.25) is 5.02 Å². The van der Waals surface area contributed by atoms with Crippen LogP contribution >= 0.6 is 11.6 Å². The van der Waals surface area contributed by atoms with Gasteiger partial charge in [-0.3, -0.25) is 5.10 Å². The van der Waals surface area contributed by atoms with Gasteiger partial charge in [0.15, 0.2) is 0 Å². The highest BCUT2D eigenvalue weighted by Gasteiger charge is 2.48. The predicted octanol–water partition coefficient (Wildman–Crippen LogP) is 3.85. The number of fused-ring (bicyclic) bond motifs is 1. The van der Waals surface area contributed by atoms with E-state index in [2.05, 4.69) is 21.4 Å². The minimum atomic E-state index is -0.521. The lowest BCUT2D eigenvalue weighted by Gasteiger charge is -2.33. The van der Waals surface area contributed by atoms with E-state index in [0.29, 0.717) is 18.7 Å². The van der Waals surface area contributed by atoms with E-state index in [1.807, 2.05) is 6.92 Å². The number of amides is 2. The van der Waals surface area contributed by atoms with Crippen LogP contribution in [0.15, 0.2) is 18.2 Å². The average molecular weight is 373 g/mol. The lowest BCUT2D eigenvalue weighted by atomic mass is 9.93. The third kappa shape index (κ3) is 2.73. The van der Waals surface area contributed by atoms with E-state index in [4.69, 9.17) is 18.0 Å². The van der Waals surface area contributed by atoms with Crippen LogP contribution in [0.5, 0.6) is 0 Å². The second-order valence-electron chi connectivity index (χ2n) is 7.00. The molecule has 1 aliphatic heterocycles. The molecule has 2 aliphatic rings. The Kier molecular flexibility index (Phi) is 3.92. The van der Waals surface area contributed by atoms with Gasteiger partial charge in [0.25, 0.3) is 0 Å². The van der Waals surface area contributed by atoms with Gasteiger partial charge >= 0.3 is 6.03 Å². The van der Waals surface area contributed by atoms with Crippen molar-refractivity contribution in [1.29, 1.82) is 0 Å². The second-order valence-corrected chi connectivity index (χ2v) is 7.40. The summed E-state index contributed by atoms with van der Waals surface area (Å²) in [7, 11) is 0. The number of urea groups is 1. The maximum Gasteiger partial charge on any atom is 0.322 e.